The fourth-order valence-electron chi connectivity index (χ4n) is 2.49. The number of hydrogen-bond donors (Lipinski definition) is 1. The standard InChI is InChI=1S/C10H16O6S/c11-10-15-6-8(16-10)3-1-7-2-4-9(5-7)17(12,13)14/h7-9H,1-6H2,(H,12,13,14). The third kappa shape index (κ3) is 3.32. The first-order valence-electron chi connectivity index (χ1n) is 5.75. The largest absolute Gasteiger partial charge is 0.508 e. The van der Waals surface area contributed by atoms with E-state index in [4.69, 9.17) is 9.29 Å². The van der Waals surface area contributed by atoms with Crippen LogP contribution < -0.4 is 0 Å². The van der Waals surface area contributed by atoms with Crippen LogP contribution in [0.4, 0.5) is 4.79 Å². The highest BCUT2D eigenvalue weighted by Gasteiger charge is 2.34. The Kier molecular flexibility index (Phi) is 3.58. The molecule has 0 aromatic heterocycles. The second kappa shape index (κ2) is 4.81. The molecule has 2 rings (SSSR count). The van der Waals surface area contributed by atoms with E-state index in [0.717, 1.165) is 12.8 Å². The van der Waals surface area contributed by atoms with Crippen LogP contribution in [0.2, 0.25) is 0 Å². The number of carbonyl (C=O) groups is 1. The number of rotatable bonds is 4. The first kappa shape index (κ1) is 12.6. The summed E-state index contributed by atoms with van der Waals surface area (Å²) in [7, 11) is -3.89. The molecular formula is C10H16O6S. The van der Waals surface area contributed by atoms with Crippen LogP contribution in [-0.4, -0.2) is 37.1 Å². The van der Waals surface area contributed by atoms with Crippen molar-refractivity contribution in [2.45, 2.75) is 43.5 Å². The summed E-state index contributed by atoms with van der Waals surface area (Å²) in [6.45, 7) is 0.285. The van der Waals surface area contributed by atoms with Gasteiger partial charge in [0.05, 0.1) is 5.25 Å². The van der Waals surface area contributed by atoms with Crippen LogP contribution in [0.5, 0.6) is 0 Å². The fourth-order valence-corrected chi connectivity index (χ4v) is 3.44. The van der Waals surface area contributed by atoms with Gasteiger partial charge in [-0.05, 0) is 38.0 Å². The summed E-state index contributed by atoms with van der Waals surface area (Å²) in [4.78, 5) is 10.7. The minimum Gasteiger partial charge on any atom is -0.430 e. The Morgan fingerprint density at radius 2 is 2.06 bits per heavy atom. The van der Waals surface area contributed by atoms with Crippen molar-refractivity contribution in [1.29, 1.82) is 0 Å². The quantitative estimate of drug-likeness (QED) is 0.609. The molecule has 3 unspecified atom stereocenters. The van der Waals surface area contributed by atoms with Gasteiger partial charge in [0.1, 0.15) is 12.7 Å². The van der Waals surface area contributed by atoms with E-state index < -0.39 is 21.5 Å². The Balaban J connectivity index is 1.73. The molecule has 7 heteroatoms. The predicted molar refractivity (Wildman–Crippen MR) is 58.1 cm³/mol. The minimum absolute atomic E-state index is 0.202. The molecule has 1 aliphatic heterocycles. The molecule has 2 aliphatic rings. The Morgan fingerprint density at radius 3 is 2.59 bits per heavy atom. The molecule has 0 radical (unpaired) electrons. The molecule has 0 aromatic carbocycles. The highest BCUT2D eigenvalue weighted by Crippen LogP contribution is 2.33. The number of carbonyl (C=O) groups excluding carboxylic acids is 1. The Morgan fingerprint density at radius 1 is 1.29 bits per heavy atom. The van der Waals surface area contributed by atoms with E-state index in [0.29, 0.717) is 19.3 Å². The second-order valence-electron chi connectivity index (χ2n) is 4.69. The fraction of sp³-hybridized carbons (Fsp3) is 0.900. The van der Waals surface area contributed by atoms with Crippen LogP contribution in [0.1, 0.15) is 32.1 Å². The zero-order valence-corrected chi connectivity index (χ0v) is 10.2. The summed E-state index contributed by atoms with van der Waals surface area (Å²) in [5.41, 5.74) is 0. The van der Waals surface area contributed by atoms with Crippen LogP contribution in [0, 0.1) is 5.92 Å². The molecule has 0 spiro atoms. The molecule has 1 aliphatic carbocycles. The number of ether oxygens (including phenoxy) is 2. The van der Waals surface area contributed by atoms with E-state index in [1.165, 1.54) is 0 Å². The third-order valence-electron chi connectivity index (χ3n) is 3.46. The summed E-state index contributed by atoms with van der Waals surface area (Å²) in [6, 6.07) is 0. The maximum Gasteiger partial charge on any atom is 0.508 e. The molecule has 3 atom stereocenters. The van der Waals surface area contributed by atoms with Crippen LogP contribution in [0.3, 0.4) is 0 Å². The van der Waals surface area contributed by atoms with E-state index in [-0.39, 0.29) is 18.6 Å². The number of cyclic esters (lactones) is 2. The molecule has 1 saturated carbocycles. The first-order chi connectivity index (χ1) is 7.95. The van der Waals surface area contributed by atoms with E-state index in [1.807, 2.05) is 0 Å². The van der Waals surface area contributed by atoms with E-state index >= 15 is 0 Å². The predicted octanol–water partition coefficient (Wildman–Crippen LogP) is 1.36. The van der Waals surface area contributed by atoms with Crippen LogP contribution in [-0.2, 0) is 19.6 Å². The van der Waals surface area contributed by atoms with Crippen molar-refractivity contribution < 1.29 is 27.2 Å². The molecule has 0 amide bonds. The SMILES string of the molecule is O=C1OCC(CCC2CCC(S(=O)(=O)O)C2)O1. The van der Waals surface area contributed by atoms with Crippen LogP contribution in [0.15, 0.2) is 0 Å². The van der Waals surface area contributed by atoms with Crippen molar-refractivity contribution in [3.63, 3.8) is 0 Å². The van der Waals surface area contributed by atoms with Gasteiger partial charge in [0.15, 0.2) is 0 Å². The van der Waals surface area contributed by atoms with Gasteiger partial charge in [-0.3, -0.25) is 4.55 Å². The topological polar surface area (TPSA) is 89.9 Å². The van der Waals surface area contributed by atoms with Gasteiger partial charge in [0.25, 0.3) is 10.1 Å². The molecule has 2 fully saturated rings. The van der Waals surface area contributed by atoms with Crippen LogP contribution in [0.25, 0.3) is 0 Å². The van der Waals surface area contributed by atoms with Gasteiger partial charge in [-0.2, -0.15) is 8.42 Å². The van der Waals surface area contributed by atoms with E-state index in [9.17, 15) is 13.2 Å². The van der Waals surface area contributed by atoms with Crippen molar-refractivity contribution in [2.75, 3.05) is 6.61 Å². The van der Waals surface area contributed by atoms with Crippen molar-refractivity contribution >= 4 is 16.3 Å². The van der Waals surface area contributed by atoms with Crippen molar-refractivity contribution in [1.82, 2.24) is 0 Å². The van der Waals surface area contributed by atoms with E-state index in [2.05, 4.69) is 4.74 Å². The lowest BCUT2D eigenvalue weighted by molar-refractivity contribution is 0.114. The van der Waals surface area contributed by atoms with Gasteiger partial charge >= 0.3 is 6.16 Å². The first-order valence-corrected chi connectivity index (χ1v) is 7.25. The average Bonchev–Trinajstić information content (AvgIpc) is 2.82. The smallest absolute Gasteiger partial charge is 0.430 e. The number of hydrogen-bond acceptors (Lipinski definition) is 5. The van der Waals surface area contributed by atoms with Gasteiger partial charge in [-0.15, -0.1) is 0 Å². The third-order valence-corrected chi connectivity index (χ3v) is 4.73. The zero-order valence-electron chi connectivity index (χ0n) is 9.37. The Hall–Kier alpha value is -0.820. The zero-order chi connectivity index (χ0) is 12.5. The van der Waals surface area contributed by atoms with Crippen molar-refractivity contribution in [3.8, 4) is 0 Å². The Bertz CT molecular complexity index is 390. The highest BCUT2D eigenvalue weighted by molar-refractivity contribution is 7.86. The second-order valence-corrected chi connectivity index (χ2v) is 6.39. The van der Waals surface area contributed by atoms with Crippen molar-refractivity contribution in [2.24, 2.45) is 5.92 Å². The summed E-state index contributed by atoms with van der Waals surface area (Å²) in [6.07, 6.45) is 2.48. The molecule has 1 heterocycles. The summed E-state index contributed by atoms with van der Waals surface area (Å²) in [5, 5.41) is -0.616. The monoisotopic (exact) mass is 264 g/mol. The van der Waals surface area contributed by atoms with E-state index in [1.54, 1.807) is 0 Å². The lowest BCUT2D eigenvalue weighted by Crippen LogP contribution is -2.17. The maximum atomic E-state index is 10.9. The van der Waals surface area contributed by atoms with Crippen LogP contribution >= 0.6 is 0 Å². The van der Waals surface area contributed by atoms with Gasteiger partial charge in [0, 0.05) is 0 Å². The molecule has 1 N–H and O–H groups in total. The summed E-state index contributed by atoms with van der Waals surface area (Å²) < 4.78 is 40.4. The van der Waals surface area contributed by atoms with Gasteiger partial charge in [-0.25, -0.2) is 4.79 Å². The maximum absolute atomic E-state index is 10.9. The lowest BCUT2D eigenvalue weighted by atomic mass is 10.00. The van der Waals surface area contributed by atoms with Gasteiger partial charge < -0.3 is 9.47 Å². The molecule has 98 valence electrons. The average molecular weight is 264 g/mol. The molecule has 0 aromatic rings. The molecule has 6 nitrogen and oxygen atoms in total. The molecular weight excluding hydrogens is 248 g/mol. The normalized spacial score (nSPS) is 33.5. The van der Waals surface area contributed by atoms with Crippen molar-refractivity contribution in [3.05, 3.63) is 0 Å². The molecule has 0 bridgehead atoms. The molecule has 17 heavy (non-hydrogen) atoms. The minimum atomic E-state index is -3.89. The highest BCUT2D eigenvalue weighted by atomic mass is 32.2. The summed E-state index contributed by atoms with van der Waals surface area (Å²) in [5.74, 6) is 0.279. The Labute approximate surface area is 100 Å². The lowest BCUT2D eigenvalue weighted by Gasteiger charge is -2.11. The molecule has 1 saturated heterocycles. The summed E-state index contributed by atoms with van der Waals surface area (Å²) >= 11 is 0. The van der Waals surface area contributed by atoms with Gasteiger partial charge in [0.2, 0.25) is 0 Å². The van der Waals surface area contributed by atoms with Gasteiger partial charge in [-0.1, -0.05) is 0 Å².